The van der Waals surface area contributed by atoms with Gasteiger partial charge in [-0.3, -0.25) is 4.90 Å². The lowest BCUT2D eigenvalue weighted by molar-refractivity contribution is 0.0169. The van der Waals surface area contributed by atoms with E-state index in [1.807, 2.05) is 29.2 Å². The zero-order chi connectivity index (χ0) is 15.5. The fraction of sp³-hybridized carbons (Fsp3) is 0.625. The fourth-order valence-corrected chi connectivity index (χ4v) is 3.71. The molecule has 0 aromatic heterocycles. The van der Waals surface area contributed by atoms with Crippen molar-refractivity contribution >= 4 is 36.6 Å². The van der Waals surface area contributed by atoms with Crippen LogP contribution in [0.1, 0.15) is 32.4 Å². The molecule has 1 N–H and O–H groups in total. The average Bonchev–Trinajstić information content (AvgIpc) is 2.40. The summed E-state index contributed by atoms with van der Waals surface area (Å²) in [5.41, 5.74) is 0.759. The van der Waals surface area contributed by atoms with Crippen molar-refractivity contribution in [1.82, 2.24) is 10.2 Å². The van der Waals surface area contributed by atoms with Crippen molar-refractivity contribution in [2.24, 2.45) is 0 Å². The van der Waals surface area contributed by atoms with E-state index in [1.165, 1.54) is 0 Å². The fourth-order valence-electron chi connectivity index (χ4n) is 2.60. The van der Waals surface area contributed by atoms with Crippen molar-refractivity contribution in [3.8, 4) is 0 Å². The van der Waals surface area contributed by atoms with Crippen molar-refractivity contribution in [3.05, 3.63) is 29.8 Å². The molecule has 1 aromatic rings. The van der Waals surface area contributed by atoms with E-state index in [-0.39, 0.29) is 29.6 Å². The number of thioether (sulfide) groups is 1. The minimum Gasteiger partial charge on any atom is -0.314 e. The summed E-state index contributed by atoms with van der Waals surface area (Å²) < 4.78 is 27.4. The Kier molecular flexibility index (Phi) is 10.0. The molecule has 2 nitrogen and oxygen atoms in total. The average molecular weight is 387 g/mol. The van der Waals surface area contributed by atoms with E-state index in [4.69, 9.17) is 0 Å². The third-order valence-corrected chi connectivity index (χ3v) is 4.64. The molecule has 1 saturated heterocycles. The molecular formula is C16H26Cl2F2N2S. The number of nitrogens with one attached hydrogen (secondary N) is 1. The van der Waals surface area contributed by atoms with E-state index in [0.29, 0.717) is 13.1 Å². The van der Waals surface area contributed by atoms with E-state index < -0.39 is 12.5 Å². The summed E-state index contributed by atoms with van der Waals surface area (Å²) >= 11 is 1.66. The molecule has 0 unspecified atom stereocenters. The maximum absolute atomic E-state index is 13.7. The SMILES string of the molecule is CC(C)(C)Sc1ccccc1[C@@H](C(F)F)N1CCNCC1.Cl.Cl. The second-order valence-corrected chi connectivity index (χ2v) is 8.19. The molecule has 1 fully saturated rings. The molecule has 0 bridgehead atoms. The van der Waals surface area contributed by atoms with Crippen LogP contribution in [0.2, 0.25) is 0 Å². The third kappa shape index (κ3) is 6.75. The first kappa shape index (κ1) is 22.9. The summed E-state index contributed by atoms with van der Waals surface area (Å²) in [6.07, 6.45) is -2.37. The highest BCUT2D eigenvalue weighted by atomic mass is 35.5. The van der Waals surface area contributed by atoms with Gasteiger partial charge in [0, 0.05) is 35.8 Å². The first-order valence-corrected chi connectivity index (χ1v) is 8.21. The molecule has 0 radical (unpaired) electrons. The van der Waals surface area contributed by atoms with Gasteiger partial charge in [0.25, 0.3) is 6.43 Å². The third-order valence-electron chi connectivity index (χ3n) is 3.44. The Morgan fingerprint density at radius 3 is 2.17 bits per heavy atom. The molecule has 2 rings (SSSR count). The van der Waals surface area contributed by atoms with Crippen LogP contribution in [0.3, 0.4) is 0 Å². The van der Waals surface area contributed by atoms with E-state index in [9.17, 15) is 8.78 Å². The Bertz CT molecular complexity index is 464. The number of alkyl halides is 2. The van der Waals surface area contributed by atoms with Crippen molar-refractivity contribution < 1.29 is 8.78 Å². The smallest absolute Gasteiger partial charge is 0.258 e. The van der Waals surface area contributed by atoms with Gasteiger partial charge in [0.15, 0.2) is 0 Å². The molecule has 7 heteroatoms. The van der Waals surface area contributed by atoms with Crippen LogP contribution < -0.4 is 5.32 Å². The number of benzene rings is 1. The number of hydrogen-bond donors (Lipinski definition) is 1. The quantitative estimate of drug-likeness (QED) is 0.759. The maximum atomic E-state index is 13.7. The van der Waals surface area contributed by atoms with Gasteiger partial charge in [0.1, 0.15) is 0 Å². The highest BCUT2D eigenvalue weighted by molar-refractivity contribution is 8.00. The molecule has 23 heavy (non-hydrogen) atoms. The predicted molar refractivity (Wildman–Crippen MR) is 99.7 cm³/mol. The molecule has 1 aromatic carbocycles. The van der Waals surface area contributed by atoms with E-state index in [1.54, 1.807) is 11.8 Å². The number of piperazine rings is 1. The second kappa shape index (κ2) is 10.0. The van der Waals surface area contributed by atoms with Gasteiger partial charge in [-0.1, -0.05) is 39.0 Å². The summed E-state index contributed by atoms with van der Waals surface area (Å²) in [4.78, 5) is 2.87. The zero-order valence-electron chi connectivity index (χ0n) is 13.7. The summed E-state index contributed by atoms with van der Waals surface area (Å²) in [6.45, 7) is 9.21. The molecule has 0 saturated carbocycles. The molecule has 1 heterocycles. The van der Waals surface area contributed by atoms with Crippen molar-refractivity contribution in [2.45, 2.75) is 42.9 Å². The van der Waals surface area contributed by atoms with Crippen LogP contribution in [0, 0.1) is 0 Å². The highest BCUT2D eigenvalue weighted by Gasteiger charge is 2.32. The van der Waals surface area contributed by atoms with Gasteiger partial charge < -0.3 is 5.32 Å². The Labute approximate surface area is 154 Å². The van der Waals surface area contributed by atoms with Gasteiger partial charge >= 0.3 is 0 Å². The van der Waals surface area contributed by atoms with Gasteiger partial charge in [-0.05, 0) is 11.6 Å². The summed E-state index contributed by atoms with van der Waals surface area (Å²) in [5.74, 6) is 0. The minimum atomic E-state index is -2.37. The summed E-state index contributed by atoms with van der Waals surface area (Å²) in [7, 11) is 0. The minimum absolute atomic E-state index is 0. The number of hydrogen-bond acceptors (Lipinski definition) is 3. The second-order valence-electron chi connectivity index (χ2n) is 6.32. The first-order valence-electron chi connectivity index (χ1n) is 7.39. The van der Waals surface area contributed by atoms with Crippen LogP contribution in [0.5, 0.6) is 0 Å². The Hall–Kier alpha value is -0.0700. The van der Waals surface area contributed by atoms with E-state index in [0.717, 1.165) is 23.5 Å². The monoisotopic (exact) mass is 386 g/mol. The first-order chi connectivity index (χ1) is 9.88. The van der Waals surface area contributed by atoms with Gasteiger partial charge in [-0.15, -0.1) is 36.6 Å². The lowest BCUT2D eigenvalue weighted by Crippen LogP contribution is -2.47. The van der Waals surface area contributed by atoms with Gasteiger partial charge in [-0.2, -0.15) is 0 Å². The van der Waals surface area contributed by atoms with Crippen LogP contribution in [-0.2, 0) is 0 Å². The Morgan fingerprint density at radius 1 is 1.09 bits per heavy atom. The normalized spacial score (nSPS) is 17.3. The predicted octanol–water partition coefficient (Wildman–Crippen LogP) is 4.63. The van der Waals surface area contributed by atoms with Crippen molar-refractivity contribution in [2.75, 3.05) is 26.2 Å². The Balaban J connectivity index is 0.00000242. The molecule has 0 amide bonds. The zero-order valence-corrected chi connectivity index (χ0v) is 16.2. The number of rotatable bonds is 4. The Morgan fingerprint density at radius 2 is 1.65 bits per heavy atom. The standard InChI is InChI=1S/C16H24F2N2S.2ClH/c1-16(2,3)21-13-7-5-4-6-12(13)14(15(17)18)20-10-8-19-9-11-20;;/h4-7,14-15,19H,8-11H2,1-3H3;2*1H/t14-;;/m0../s1. The van der Waals surface area contributed by atoms with Crippen LogP contribution in [-0.4, -0.2) is 42.3 Å². The van der Waals surface area contributed by atoms with E-state index in [2.05, 4.69) is 26.1 Å². The van der Waals surface area contributed by atoms with Crippen molar-refractivity contribution in [1.29, 1.82) is 0 Å². The topological polar surface area (TPSA) is 15.3 Å². The van der Waals surface area contributed by atoms with Crippen LogP contribution in [0.15, 0.2) is 29.2 Å². The van der Waals surface area contributed by atoms with E-state index >= 15 is 0 Å². The molecule has 1 aliphatic heterocycles. The lowest BCUT2D eigenvalue weighted by atomic mass is 10.0. The van der Waals surface area contributed by atoms with Gasteiger partial charge in [-0.25, -0.2) is 8.78 Å². The van der Waals surface area contributed by atoms with Crippen LogP contribution in [0.4, 0.5) is 8.78 Å². The lowest BCUT2D eigenvalue weighted by Gasteiger charge is -2.36. The molecule has 1 aliphatic rings. The maximum Gasteiger partial charge on any atom is 0.258 e. The largest absolute Gasteiger partial charge is 0.314 e. The number of nitrogens with zero attached hydrogens (tertiary/aromatic N) is 1. The molecule has 134 valence electrons. The molecule has 0 spiro atoms. The number of halogens is 4. The van der Waals surface area contributed by atoms with Crippen LogP contribution >= 0.6 is 36.6 Å². The summed E-state index contributed by atoms with van der Waals surface area (Å²) in [6, 6.07) is 6.80. The molecule has 1 atom stereocenters. The van der Waals surface area contributed by atoms with Crippen molar-refractivity contribution in [3.63, 3.8) is 0 Å². The molecular weight excluding hydrogens is 361 g/mol. The van der Waals surface area contributed by atoms with Crippen LogP contribution in [0.25, 0.3) is 0 Å². The van der Waals surface area contributed by atoms with Gasteiger partial charge in [0.05, 0.1) is 6.04 Å². The highest BCUT2D eigenvalue weighted by Crippen LogP contribution is 2.39. The molecule has 0 aliphatic carbocycles. The summed E-state index contributed by atoms with van der Waals surface area (Å²) in [5, 5.41) is 3.22. The van der Waals surface area contributed by atoms with Gasteiger partial charge in [0.2, 0.25) is 0 Å².